The predicted octanol–water partition coefficient (Wildman–Crippen LogP) is 3.58. The summed E-state index contributed by atoms with van der Waals surface area (Å²) in [5.74, 6) is 3.10. The predicted molar refractivity (Wildman–Crippen MR) is 102 cm³/mol. The van der Waals surface area contributed by atoms with Crippen LogP contribution < -0.4 is 23.7 Å². The second-order valence-electron chi connectivity index (χ2n) is 5.81. The Labute approximate surface area is 160 Å². The van der Waals surface area contributed by atoms with E-state index >= 15 is 0 Å². The minimum atomic E-state index is 0.310. The Morgan fingerprint density at radius 2 is 1.33 bits per heavy atom. The van der Waals surface area contributed by atoms with Crippen LogP contribution in [0.1, 0.15) is 16.7 Å². The van der Waals surface area contributed by atoms with E-state index in [0.29, 0.717) is 48.0 Å². The molecule has 0 radical (unpaired) electrons. The molecule has 0 aliphatic heterocycles. The maximum absolute atomic E-state index is 9.14. The number of methoxy groups -OCH3 is 5. The summed E-state index contributed by atoms with van der Waals surface area (Å²) in [6, 6.07) is 9.81. The fourth-order valence-electron chi connectivity index (χ4n) is 3.11. The Balaban J connectivity index is 2.40. The summed E-state index contributed by atoms with van der Waals surface area (Å²) in [6.45, 7) is 0. The van der Waals surface area contributed by atoms with Crippen molar-refractivity contribution < 1.29 is 23.7 Å². The normalized spacial score (nSPS) is 10.1. The highest BCUT2D eigenvalue weighted by molar-refractivity contribution is 5.55. The van der Waals surface area contributed by atoms with Gasteiger partial charge in [0.15, 0.2) is 23.0 Å². The highest BCUT2D eigenvalue weighted by Gasteiger charge is 2.17. The molecule has 27 heavy (non-hydrogen) atoms. The summed E-state index contributed by atoms with van der Waals surface area (Å²) < 4.78 is 27.2. The lowest BCUT2D eigenvalue weighted by Gasteiger charge is -2.17. The Bertz CT molecular complexity index is 801. The highest BCUT2D eigenvalue weighted by Crippen LogP contribution is 2.39. The van der Waals surface area contributed by atoms with Crippen LogP contribution in [0, 0.1) is 11.3 Å². The molecule has 0 spiro atoms. The number of nitriles is 1. The lowest BCUT2D eigenvalue weighted by atomic mass is 9.96. The lowest BCUT2D eigenvalue weighted by Crippen LogP contribution is -2.03. The third-order valence-electron chi connectivity index (χ3n) is 4.40. The lowest BCUT2D eigenvalue weighted by molar-refractivity contribution is 0.323. The van der Waals surface area contributed by atoms with Gasteiger partial charge in [-0.3, -0.25) is 0 Å². The zero-order valence-electron chi connectivity index (χ0n) is 16.4. The van der Waals surface area contributed by atoms with Gasteiger partial charge in [-0.1, -0.05) is 6.07 Å². The van der Waals surface area contributed by atoms with E-state index in [-0.39, 0.29) is 0 Å². The van der Waals surface area contributed by atoms with Crippen LogP contribution >= 0.6 is 0 Å². The molecule has 2 aromatic rings. The molecule has 0 aromatic heterocycles. The molecule has 0 saturated heterocycles. The van der Waals surface area contributed by atoms with Gasteiger partial charge in [0.05, 0.1) is 48.0 Å². The van der Waals surface area contributed by atoms with Crippen molar-refractivity contribution >= 4 is 0 Å². The van der Waals surface area contributed by atoms with E-state index < -0.39 is 0 Å². The minimum Gasteiger partial charge on any atom is -0.493 e. The first-order valence-corrected chi connectivity index (χ1v) is 8.52. The zero-order valence-corrected chi connectivity index (χ0v) is 16.4. The average Bonchev–Trinajstić information content (AvgIpc) is 2.71. The number of ether oxygens (including phenoxy) is 5. The average molecular weight is 371 g/mol. The smallest absolute Gasteiger partial charge is 0.203 e. The number of hydrogen-bond donors (Lipinski definition) is 0. The first-order valence-electron chi connectivity index (χ1n) is 8.52. The van der Waals surface area contributed by atoms with Gasteiger partial charge in [0.2, 0.25) is 5.75 Å². The molecule has 0 bridgehead atoms. The number of benzene rings is 2. The third-order valence-corrected chi connectivity index (χ3v) is 4.40. The summed E-state index contributed by atoms with van der Waals surface area (Å²) in [7, 11) is 7.98. The van der Waals surface area contributed by atoms with Gasteiger partial charge in [0, 0.05) is 5.56 Å². The Kier molecular flexibility index (Phi) is 7.18. The first-order chi connectivity index (χ1) is 13.1. The Hall–Kier alpha value is -3.07. The van der Waals surface area contributed by atoms with E-state index in [1.165, 1.54) is 0 Å². The van der Waals surface area contributed by atoms with Gasteiger partial charge in [-0.15, -0.1) is 0 Å². The molecule has 0 saturated carbocycles. The Morgan fingerprint density at radius 1 is 0.741 bits per heavy atom. The van der Waals surface area contributed by atoms with Gasteiger partial charge in [-0.05, 0) is 42.2 Å². The molecule has 0 heterocycles. The van der Waals surface area contributed by atoms with Crippen LogP contribution in [0.5, 0.6) is 28.7 Å². The van der Waals surface area contributed by atoms with Crippen molar-refractivity contribution in [2.75, 3.05) is 35.5 Å². The summed E-state index contributed by atoms with van der Waals surface area (Å²) in [6.07, 6.45) is 1.69. The quantitative estimate of drug-likeness (QED) is 0.671. The molecule has 6 nitrogen and oxygen atoms in total. The van der Waals surface area contributed by atoms with E-state index in [4.69, 9.17) is 28.9 Å². The summed E-state index contributed by atoms with van der Waals surface area (Å²) >= 11 is 0. The molecule has 0 amide bonds. The molecule has 0 unspecified atom stereocenters. The molecule has 0 aliphatic carbocycles. The second kappa shape index (κ2) is 9.58. The van der Waals surface area contributed by atoms with Crippen molar-refractivity contribution in [3.63, 3.8) is 0 Å². The van der Waals surface area contributed by atoms with E-state index in [2.05, 4.69) is 6.07 Å². The van der Waals surface area contributed by atoms with Crippen LogP contribution in [0.2, 0.25) is 0 Å². The second-order valence-corrected chi connectivity index (χ2v) is 5.81. The fraction of sp³-hybridized carbons (Fsp3) is 0.381. The van der Waals surface area contributed by atoms with Gasteiger partial charge < -0.3 is 23.7 Å². The molecular formula is C21H25NO5. The molecule has 144 valence electrons. The molecule has 2 rings (SSSR count). The van der Waals surface area contributed by atoms with Gasteiger partial charge >= 0.3 is 0 Å². The van der Waals surface area contributed by atoms with Crippen molar-refractivity contribution in [1.82, 2.24) is 0 Å². The Morgan fingerprint density at radius 3 is 1.81 bits per heavy atom. The van der Waals surface area contributed by atoms with Crippen LogP contribution in [0.25, 0.3) is 0 Å². The van der Waals surface area contributed by atoms with E-state index in [1.54, 1.807) is 35.5 Å². The molecular weight excluding hydrogens is 346 g/mol. The van der Waals surface area contributed by atoms with Crippen molar-refractivity contribution in [2.24, 2.45) is 0 Å². The van der Waals surface area contributed by atoms with Crippen LogP contribution in [0.4, 0.5) is 0 Å². The van der Waals surface area contributed by atoms with Crippen molar-refractivity contribution in [3.05, 3.63) is 41.0 Å². The van der Waals surface area contributed by atoms with E-state index in [0.717, 1.165) is 16.7 Å². The van der Waals surface area contributed by atoms with Crippen LogP contribution in [-0.2, 0) is 19.3 Å². The van der Waals surface area contributed by atoms with Crippen LogP contribution in [0.3, 0.4) is 0 Å². The number of nitrogens with zero attached hydrogens (tertiary/aromatic N) is 1. The van der Waals surface area contributed by atoms with Gasteiger partial charge in [0.1, 0.15) is 0 Å². The largest absolute Gasteiger partial charge is 0.493 e. The van der Waals surface area contributed by atoms with Gasteiger partial charge in [0.25, 0.3) is 0 Å². The standard InChI is InChI=1S/C21H25NO5/c1-23-17-9-7-15(10-11-22)16(20(17)26-4)8-6-14-12-18(24-2)21(27-5)19(13-14)25-3/h7,9,12-13H,6,8,10H2,1-5H3. The van der Waals surface area contributed by atoms with Crippen molar-refractivity contribution in [3.8, 4) is 34.8 Å². The van der Waals surface area contributed by atoms with Crippen LogP contribution in [-0.4, -0.2) is 35.5 Å². The third kappa shape index (κ3) is 4.37. The summed E-state index contributed by atoms with van der Waals surface area (Å²) in [4.78, 5) is 0. The van der Waals surface area contributed by atoms with Crippen molar-refractivity contribution in [1.29, 1.82) is 5.26 Å². The summed E-state index contributed by atoms with van der Waals surface area (Å²) in [5.41, 5.74) is 2.92. The van der Waals surface area contributed by atoms with Gasteiger partial charge in [-0.25, -0.2) is 0 Å². The van der Waals surface area contributed by atoms with Gasteiger partial charge in [-0.2, -0.15) is 5.26 Å². The van der Waals surface area contributed by atoms with E-state index in [1.807, 2.05) is 24.3 Å². The molecule has 2 aromatic carbocycles. The summed E-state index contributed by atoms with van der Waals surface area (Å²) in [5, 5.41) is 9.14. The topological polar surface area (TPSA) is 69.9 Å². The van der Waals surface area contributed by atoms with E-state index in [9.17, 15) is 0 Å². The number of aryl methyl sites for hydroxylation is 1. The molecule has 6 heteroatoms. The van der Waals surface area contributed by atoms with Crippen molar-refractivity contribution in [2.45, 2.75) is 19.3 Å². The SMILES string of the molecule is COc1cc(CCc2c(CC#N)ccc(OC)c2OC)cc(OC)c1OC. The van der Waals surface area contributed by atoms with Crippen LogP contribution in [0.15, 0.2) is 24.3 Å². The monoisotopic (exact) mass is 371 g/mol. The fourth-order valence-corrected chi connectivity index (χ4v) is 3.11. The molecule has 0 N–H and O–H groups in total. The maximum atomic E-state index is 9.14. The molecule has 0 aliphatic rings. The molecule has 0 fully saturated rings. The zero-order chi connectivity index (χ0) is 19.8. The number of hydrogen-bond acceptors (Lipinski definition) is 6. The minimum absolute atomic E-state index is 0.310. The molecule has 0 atom stereocenters. The maximum Gasteiger partial charge on any atom is 0.203 e. The highest BCUT2D eigenvalue weighted by atomic mass is 16.5. The number of rotatable bonds is 9. The first kappa shape index (κ1) is 20.2.